The van der Waals surface area contributed by atoms with Crippen molar-refractivity contribution in [2.45, 2.75) is 25.8 Å². The van der Waals surface area contributed by atoms with Crippen LogP contribution in [0, 0.1) is 6.92 Å². The maximum absolute atomic E-state index is 6.22. The highest BCUT2D eigenvalue weighted by molar-refractivity contribution is 7.19. The topological polar surface area (TPSA) is 81.1 Å². The molecule has 1 aliphatic heterocycles. The van der Waals surface area contributed by atoms with Gasteiger partial charge in [-0.3, -0.25) is 9.67 Å². The molecule has 0 unspecified atom stereocenters. The zero-order valence-electron chi connectivity index (χ0n) is 14.5. The van der Waals surface area contributed by atoms with E-state index >= 15 is 0 Å². The fourth-order valence-electron chi connectivity index (χ4n) is 3.22. The Balaban J connectivity index is 1.64. The number of nitrogen functional groups attached to an aromatic ring is 1. The number of aliphatic imine (C=N–C) groups is 1. The van der Waals surface area contributed by atoms with Crippen LogP contribution in [0.5, 0.6) is 0 Å². The molecule has 25 heavy (non-hydrogen) atoms. The van der Waals surface area contributed by atoms with Gasteiger partial charge in [0.15, 0.2) is 0 Å². The molecule has 1 fully saturated rings. The molecule has 0 saturated carbocycles. The molecule has 6 nitrogen and oxygen atoms in total. The average Bonchev–Trinajstić information content (AvgIpc) is 3.16. The minimum atomic E-state index is 0.399. The molecule has 3 aromatic heterocycles. The van der Waals surface area contributed by atoms with E-state index in [1.165, 1.54) is 0 Å². The quantitative estimate of drug-likeness (QED) is 0.709. The van der Waals surface area contributed by atoms with Gasteiger partial charge in [-0.15, -0.1) is 11.3 Å². The van der Waals surface area contributed by atoms with Crippen LogP contribution in [-0.2, 0) is 7.05 Å². The summed E-state index contributed by atoms with van der Waals surface area (Å²) < 4.78 is 1.82. The van der Waals surface area contributed by atoms with Crippen LogP contribution in [0.2, 0.25) is 0 Å². The third-order valence-corrected chi connectivity index (χ3v) is 5.56. The van der Waals surface area contributed by atoms with Gasteiger partial charge in [0.25, 0.3) is 0 Å². The van der Waals surface area contributed by atoms with Gasteiger partial charge in [0, 0.05) is 30.4 Å². The van der Waals surface area contributed by atoms with Crippen molar-refractivity contribution in [3.8, 4) is 10.6 Å². The van der Waals surface area contributed by atoms with Crippen molar-refractivity contribution in [2.24, 2.45) is 12.0 Å². The highest BCUT2D eigenvalue weighted by Gasteiger charge is 2.13. The fraction of sp³-hybridized carbons (Fsp3) is 0.389. The molecule has 130 valence electrons. The molecular formula is C18H22N6S. The van der Waals surface area contributed by atoms with Crippen molar-refractivity contribution in [1.82, 2.24) is 20.1 Å². The maximum atomic E-state index is 6.22. The summed E-state index contributed by atoms with van der Waals surface area (Å²) in [6.45, 7) is 4.08. The first-order valence-corrected chi connectivity index (χ1v) is 9.36. The number of rotatable bonds is 3. The van der Waals surface area contributed by atoms with E-state index in [1.54, 1.807) is 11.3 Å². The van der Waals surface area contributed by atoms with Crippen LogP contribution in [0.1, 0.15) is 24.1 Å². The molecule has 0 aliphatic carbocycles. The van der Waals surface area contributed by atoms with E-state index in [2.05, 4.69) is 22.5 Å². The minimum absolute atomic E-state index is 0.399. The Bertz CT molecular complexity index is 933. The van der Waals surface area contributed by atoms with Crippen LogP contribution >= 0.6 is 11.3 Å². The van der Waals surface area contributed by atoms with Crippen molar-refractivity contribution in [3.05, 3.63) is 29.6 Å². The van der Waals surface area contributed by atoms with Gasteiger partial charge in [0.05, 0.1) is 27.3 Å². The number of aromatic nitrogens is 3. The summed E-state index contributed by atoms with van der Waals surface area (Å²) in [6.07, 6.45) is 6.13. The van der Waals surface area contributed by atoms with E-state index in [9.17, 15) is 0 Å². The third kappa shape index (κ3) is 3.29. The Kier molecular flexibility index (Phi) is 4.27. The molecule has 0 spiro atoms. The molecule has 0 aromatic carbocycles. The van der Waals surface area contributed by atoms with Gasteiger partial charge in [0.2, 0.25) is 0 Å². The van der Waals surface area contributed by atoms with Crippen molar-refractivity contribution < 1.29 is 0 Å². The second-order valence-electron chi connectivity index (χ2n) is 6.52. The number of nitrogens with two attached hydrogens (primary N) is 1. The second-order valence-corrected chi connectivity index (χ2v) is 7.61. The Hall–Kier alpha value is -2.25. The van der Waals surface area contributed by atoms with Gasteiger partial charge in [-0.25, -0.2) is 4.98 Å². The van der Waals surface area contributed by atoms with Crippen molar-refractivity contribution >= 4 is 33.5 Å². The van der Waals surface area contributed by atoms with E-state index < -0.39 is 0 Å². The molecule has 7 heteroatoms. The molecule has 0 atom stereocenters. The molecule has 3 aromatic rings. The Morgan fingerprint density at radius 3 is 2.96 bits per heavy atom. The highest BCUT2D eigenvalue weighted by atomic mass is 32.1. The molecule has 1 aliphatic rings. The van der Waals surface area contributed by atoms with Crippen molar-refractivity contribution in [1.29, 1.82) is 0 Å². The number of piperidine rings is 1. The van der Waals surface area contributed by atoms with Gasteiger partial charge >= 0.3 is 0 Å². The molecule has 0 radical (unpaired) electrons. The SMILES string of the molecule is Cc1nc(-c2cc(C=NC3CCNCC3)c(N)s2)cc2cn(C)nc12. The lowest BCUT2D eigenvalue weighted by Crippen LogP contribution is -2.29. The first kappa shape index (κ1) is 16.2. The van der Waals surface area contributed by atoms with Crippen LogP contribution in [-0.4, -0.2) is 40.1 Å². The summed E-state index contributed by atoms with van der Waals surface area (Å²) in [4.78, 5) is 10.5. The van der Waals surface area contributed by atoms with E-state index in [0.717, 1.165) is 63.7 Å². The number of anilines is 1. The molecule has 3 N–H and O–H groups in total. The predicted molar refractivity (Wildman–Crippen MR) is 104 cm³/mol. The number of hydrogen-bond donors (Lipinski definition) is 2. The van der Waals surface area contributed by atoms with Crippen LogP contribution < -0.4 is 11.1 Å². The fourth-order valence-corrected chi connectivity index (χ4v) is 4.08. The van der Waals surface area contributed by atoms with Gasteiger partial charge in [-0.1, -0.05) is 0 Å². The average molecular weight is 354 g/mol. The summed E-state index contributed by atoms with van der Waals surface area (Å²) in [6, 6.07) is 4.57. The maximum Gasteiger partial charge on any atom is 0.114 e. The van der Waals surface area contributed by atoms with Crippen LogP contribution in [0.25, 0.3) is 21.5 Å². The van der Waals surface area contributed by atoms with Crippen molar-refractivity contribution in [3.63, 3.8) is 0 Å². The van der Waals surface area contributed by atoms with E-state index in [4.69, 9.17) is 15.7 Å². The number of nitrogens with one attached hydrogen (secondary N) is 1. The first-order chi connectivity index (χ1) is 12.1. The molecule has 4 heterocycles. The molecular weight excluding hydrogens is 332 g/mol. The summed E-state index contributed by atoms with van der Waals surface area (Å²) in [7, 11) is 1.93. The van der Waals surface area contributed by atoms with E-state index in [1.807, 2.05) is 31.1 Å². The molecule has 0 amide bonds. The summed E-state index contributed by atoms with van der Waals surface area (Å²) >= 11 is 1.56. The van der Waals surface area contributed by atoms with Gasteiger partial charge in [-0.2, -0.15) is 5.10 Å². The van der Waals surface area contributed by atoms with Crippen molar-refractivity contribution in [2.75, 3.05) is 18.8 Å². The number of aryl methyl sites for hydroxylation is 2. The zero-order valence-corrected chi connectivity index (χ0v) is 15.3. The summed E-state index contributed by atoms with van der Waals surface area (Å²) in [5, 5.41) is 9.71. The largest absolute Gasteiger partial charge is 0.390 e. The Morgan fingerprint density at radius 1 is 1.36 bits per heavy atom. The Morgan fingerprint density at radius 2 is 2.16 bits per heavy atom. The Labute approximate surface area is 150 Å². The minimum Gasteiger partial charge on any atom is -0.390 e. The molecule has 1 saturated heterocycles. The van der Waals surface area contributed by atoms with Gasteiger partial charge in [-0.05, 0) is 45.0 Å². The number of pyridine rings is 1. The predicted octanol–water partition coefficient (Wildman–Crippen LogP) is 2.76. The smallest absolute Gasteiger partial charge is 0.114 e. The first-order valence-electron chi connectivity index (χ1n) is 8.55. The lowest BCUT2D eigenvalue weighted by Gasteiger charge is -2.18. The molecule has 0 bridgehead atoms. The number of thiophene rings is 1. The van der Waals surface area contributed by atoms with Crippen LogP contribution in [0.4, 0.5) is 5.00 Å². The standard InChI is InChI=1S/C18H22N6S/c1-11-17-13(10-24(2)23-17)7-15(22-11)16-8-12(18(19)25-16)9-21-14-3-5-20-6-4-14/h7-10,14,20H,3-6,19H2,1-2H3. The summed E-state index contributed by atoms with van der Waals surface area (Å²) in [5.74, 6) is 0. The third-order valence-electron chi connectivity index (χ3n) is 4.56. The number of nitrogens with zero attached hydrogens (tertiary/aromatic N) is 4. The second kappa shape index (κ2) is 6.57. The number of hydrogen-bond acceptors (Lipinski definition) is 6. The van der Waals surface area contributed by atoms with Crippen LogP contribution in [0.3, 0.4) is 0 Å². The highest BCUT2D eigenvalue weighted by Crippen LogP contribution is 2.33. The van der Waals surface area contributed by atoms with Crippen LogP contribution in [0.15, 0.2) is 23.3 Å². The van der Waals surface area contributed by atoms with E-state index in [0.29, 0.717) is 6.04 Å². The summed E-state index contributed by atoms with van der Waals surface area (Å²) in [5.41, 5.74) is 10.0. The lowest BCUT2D eigenvalue weighted by molar-refractivity contribution is 0.461. The van der Waals surface area contributed by atoms with Gasteiger partial charge < -0.3 is 11.1 Å². The monoisotopic (exact) mass is 354 g/mol. The van der Waals surface area contributed by atoms with Gasteiger partial charge in [0.1, 0.15) is 5.52 Å². The zero-order chi connectivity index (χ0) is 17.4. The van der Waals surface area contributed by atoms with E-state index in [-0.39, 0.29) is 0 Å². The normalized spacial score (nSPS) is 16.2. The lowest BCUT2D eigenvalue weighted by atomic mass is 10.1. The molecule has 4 rings (SSSR count). The number of fused-ring (bicyclic) bond motifs is 1.